The molecule has 0 saturated carbocycles. The molecule has 120 valence electrons. The molecule has 2 rings (SSSR count). The number of hydrogen-bond acceptors (Lipinski definition) is 3. The summed E-state index contributed by atoms with van der Waals surface area (Å²) in [5.41, 5.74) is 1.23. The molecule has 1 aliphatic rings. The number of carbonyl (C=O) groups excluding carboxylic acids is 1. The molecule has 0 radical (unpaired) electrons. The van der Waals surface area contributed by atoms with Crippen LogP contribution in [0.25, 0.3) is 0 Å². The van der Waals surface area contributed by atoms with Crippen molar-refractivity contribution >= 4 is 17.6 Å². The molecule has 1 amide bonds. The number of likely N-dealkylation sites (tertiary alicyclic amines) is 1. The minimum Gasteiger partial charge on any atom is -0.481 e. The zero-order valence-corrected chi connectivity index (χ0v) is 12.8. The Bertz CT molecular complexity index is 577. The number of amides is 1. The highest BCUT2D eigenvalue weighted by Gasteiger charge is 2.30. The van der Waals surface area contributed by atoms with E-state index in [0.29, 0.717) is 25.2 Å². The summed E-state index contributed by atoms with van der Waals surface area (Å²) in [6.07, 6.45) is 1.40. The molecule has 1 aliphatic heterocycles. The molecule has 1 heterocycles. The first-order valence-corrected chi connectivity index (χ1v) is 7.42. The number of carboxylic acid groups (broad SMARTS) is 1. The smallest absolute Gasteiger partial charge is 0.307 e. The molecular weight excluding hydrogens is 287 g/mol. The van der Waals surface area contributed by atoms with Gasteiger partial charge < -0.3 is 10.4 Å². The Labute approximate surface area is 129 Å². The maximum absolute atomic E-state index is 13.3. The summed E-state index contributed by atoms with van der Waals surface area (Å²) in [6.45, 7) is 4.60. The first kappa shape index (κ1) is 16.4. The quantitative estimate of drug-likeness (QED) is 0.895. The first-order valence-electron chi connectivity index (χ1n) is 7.42. The number of nitrogens with zero attached hydrogens (tertiary/aromatic N) is 1. The lowest BCUT2D eigenvalue weighted by atomic mass is 9.97. The van der Waals surface area contributed by atoms with Crippen LogP contribution in [0.4, 0.5) is 10.1 Å². The average Bonchev–Trinajstić information content (AvgIpc) is 2.50. The second kappa shape index (κ2) is 6.87. The van der Waals surface area contributed by atoms with Crippen molar-refractivity contribution in [2.75, 3.05) is 18.4 Å². The molecule has 22 heavy (non-hydrogen) atoms. The molecule has 0 aliphatic carbocycles. The third kappa shape index (κ3) is 3.82. The van der Waals surface area contributed by atoms with E-state index in [1.807, 2.05) is 4.90 Å². The molecule has 5 nitrogen and oxygen atoms in total. The summed E-state index contributed by atoms with van der Waals surface area (Å²) >= 11 is 0. The fourth-order valence-corrected chi connectivity index (χ4v) is 2.69. The van der Waals surface area contributed by atoms with Crippen molar-refractivity contribution < 1.29 is 19.1 Å². The second-order valence-corrected chi connectivity index (χ2v) is 5.80. The van der Waals surface area contributed by atoms with Gasteiger partial charge in [-0.05, 0) is 50.9 Å². The van der Waals surface area contributed by atoms with Gasteiger partial charge in [-0.25, -0.2) is 4.39 Å². The highest BCUT2D eigenvalue weighted by Crippen LogP contribution is 2.21. The third-order valence-electron chi connectivity index (χ3n) is 4.19. The number of nitrogens with one attached hydrogen (secondary N) is 1. The maximum atomic E-state index is 13.3. The van der Waals surface area contributed by atoms with E-state index in [1.165, 1.54) is 12.1 Å². The van der Waals surface area contributed by atoms with Crippen LogP contribution in [-0.2, 0) is 9.59 Å². The summed E-state index contributed by atoms with van der Waals surface area (Å²) in [7, 11) is 0. The number of halogens is 1. The predicted molar refractivity (Wildman–Crippen MR) is 81.2 cm³/mol. The van der Waals surface area contributed by atoms with E-state index in [-0.39, 0.29) is 5.91 Å². The number of rotatable bonds is 4. The lowest BCUT2D eigenvalue weighted by Crippen LogP contribution is -2.48. The summed E-state index contributed by atoms with van der Waals surface area (Å²) in [5, 5.41) is 11.8. The van der Waals surface area contributed by atoms with Crippen LogP contribution in [0.2, 0.25) is 0 Å². The van der Waals surface area contributed by atoms with E-state index in [0.717, 1.165) is 12.0 Å². The summed E-state index contributed by atoms with van der Waals surface area (Å²) in [6, 6.07) is 3.79. The molecule has 0 spiro atoms. The van der Waals surface area contributed by atoms with Crippen molar-refractivity contribution in [3.8, 4) is 0 Å². The number of benzene rings is 1. The fourth-order valence-electron chi connectivity index (χ4n) is 2.69. The number of piperidine rings is 1. The third-order valence-corrected chi connectivity index (χ3v) is 4.19. The normalized spacial score (nSPS) is 20.4. The molecule has 6 heteroatoms. The van der Waals surface area contributed by atoms with Gasteiger partial charge in [-0.15, -0.1) is 0 Å². The van der Waals surface area contributed by atoms with Gasteiger partial charge in [-0.1, -0.05) is 6.07 Å². The Hall–Kier alpha value is -1.95. The van der Waals surface area contributed by atoms with Crippen LogP contribution in [0.15, 0.2) is 18.2 Å². The van der Waals surface area contributed by atoms with Crippen molar-refractivity contribution in [2.45, 2.75) is 32.7 Å². The molecular formula is C16H21FN2O3. The molecule has 1 fully saturated rings. The molecule has 1 aromatic rings. The van der Waals surface area contributed by atoms with E-state index in [9.17, 15) is 14.0 Å². The number of anilines is 1. The van der Waals surface area contributed by atoms with Gasteiger partial charge in [0.2, 0.25) is 5.91 Å². The summed E-state index contributed by atoms with van der Waals surface area (Å²) in [4.78, 5) is 25.3. The van der Waals surface area contributed by atoms with Crippen molar-refractivity contribution in [3.63, 3.8) is 0 Å². The van der Waals surface area contributed by atoms with Crippen LogP contribution in [-0.4, -0.2) is 41.0 Å². The van der Waals surface area contributed by atoms with Crippen molar-refractivity contribution in [3.05, 3.63) is 29.6 Å². The van der Waals surface area contributed by atoms with Crippen LogP contribution in [0.5, 0.6) is 0 Å². The number of hydrogen-bond donors (Lipinski definition) is 2. The van der Waals surface area contributed by atoms with Gasteiger partial charge >= 0.3 is 5.97 Å². The first-order chi connectivity index (χ1) is 10.4. The van der Waals surface area contributed by atoms with Crippen molar-refractivity contribution in [2.24, 2.45) is 5.92 Å². The van der Waals surface area contributed by atoms with Gasteiger partial charge in [0.15, 0.2) is 0 Å². The monoisotopic (exact) mass is 308 g/mol. The Kier molecular flexibility index (Phi) is 5.13. The van der Waals surface area contributed by atoms with Crippen LogP contribution in [0.1, 0.15) is 25.3 Å². The van der Waals surface area contributed by atoms with E-state index >= 15 is 0 Å². The minimum absolute atomic E-state index is 0.250. The molecule has 1 aromatic carbocycles. The Morgan fingerprint density at radius 1 is 1.45 bits per heavy atom. The van der Waals surface area contributed by atoms with Gasteiger partial charge in [-0.3, -0.25) is 14.5 Å². The van der Waals surface area contributed by atoms with E-state index < -0.39 is 23.7 Å². The lowest BCUT2D eigenvalue weighted by molar-refractivity contribution is -0.144. The Morgan fingerprint density at radius 3 is 2.86 bits per heavy atom. The Morgan fingerprint density at radius 2 is 2.18 bits per heavy atom. The van der Waals surface area contributed by atoms with Gasteiger partial charge in [-0.2, -0.15) is 0 Å². The lowest BCUT2D eigenvalue weighted by Gasteiger charge is -2.34. The number of carbonyl (C=O) groups is 2. The zero-order chi connectivity index (χ0) is 16.3. The highest BCUT2D eigenvalue weighted by atomic mass is 19.1. The Balaban J connectivity index is 2.02. The van der Waals surface area contributed by atoms with Gasteiger partial charge in [0.25, 0.3) is 0 Å². The van der Waals surface area contributed by atoms with E-state index in [1.54, 1.807) is 19.9 Å². The zero-order valence-electron chi connectivity index (χ0n) is 12.8. The van der Waals surface area contributed by atoms with Crippen LogP contribution in [0, 0.1) is 18.7 Å². The summed E-state index contributed by atoms with van der Waals surface area (Å²) < 4.78 is 13.3. The molecule has 2 N–H and O–H groups in total. The second-order valence-electron chi connectivity index (χ2n) is 5.80. The highest BCUT2D eigenvalue weighted by molar-refractivity contribution is 5.95. The van der Waals surface area contributed by atoms with Gasteiger partial charge in [0.1, 0.15) is 5.82 Å². The molecule has 0 aromatic heterocycles. The number of carboxylic acids is 1. The molecule has 2 unspecified atom stereocenters. The van der Waals surface area contributed by atoms with E-state index in [2.05, 4.69) is 5.32 Å². The average molecular weight is 308 g/mol. The molecule has 1 saturated heterocycles. The van der Waals surface area contributed by atoms with Crippen molar-refractivity contribution in [1.29, 1.82) is 0 Å². The van der Waals surface area contributed by atoms with Gasteiger partial charge in [0, 0.05) is 12.2 Å². The number of aryl methyl sites for hydroxylation is 1. The largest absolute Gasteiger partial charge is 0.481 e. The predicted octanol–water partition coefficient (Wildman–Crippen LogP) is 2.26. The minimum atomic E-state index is -0.821. The van der Waals surface area contributed by atoms with Gasteiger partial charge in [0.05, 0.1) is 12.0 Å². The van der Waals surface area contributed by atoms with E-state index in [4.69, 9.17) is 5.11 Å². The van der Waals surface area contributed by atoms with Crippen LogP contribution >= 0.6 is 0 Å². The topological polar surface area (TPSA) is 69.6 Å². The maximum Gasteiger partial charge on any atom is 0.307 e. The SMILES string of the molecule is Cc1ccc(F)cc1NC(=O)C(C)N1CCCC(C(=O)O)C1. The standard InChI is InChI=1S/C16H21FN2O3/c1-10-5-6-13(17)8-14(10)18-15(20)11(2)19-7-3-4-12(9-19)16(21)22/h5-6,8,11-12H,3-4,7,9H2,1-2H3,(H,18,20)(H,21,22). The van der Waals surface area contributed by atoms with Crippen molar-refractivity contribution in [1.82, 2.24) is 4.90 Å². The molecule has 0 bridgehead atoms. The number of aliphatic carboxylic acids is 1. The molecule has 2 atom stereocenters. The fraction of sp³-hybridized carbons (Fsp3) is 0.500. The van der Waals surface area contributed by atoms with Crippen LogP contribution < -0.4 is 5.32 Å². The van der Waals surface area contributed by atoms with Crippen LogP contribution in [0.3, 0.4) is 0 Å². The summed E-state index contributed by atoms with van der Waals surface area (Å²) in [5.74, 6) is -1.91.